The minimum absolute atomic E-state index is 0.753. The lowest BCUT2D eigenvalue weighted by Crippen LogP contribution is -2.35. The smallest absolute Gasteiger partial charge is 0.147 e. The Morgan fingerprint density at radius 3 is 2.25 bits per heavy atom. The lowest BCUT2D eigenvalue weighted by Gasteiger charge is -2.05. The molecule has 0 aliphatic heterocycles. The van der Waals surface area contributed by atoms with Crippen LogP contribution in [0.5, 0.6) is 0 Å². The van der Waals surface area contributed by atoms with Crippen LogP contribution in [0.15, 0.2) is 54.6 Å². The second-order valence-corrected chi connectivity index (χ2v) is 7.86. The van der Waals surface area contributed by atoms with Gasteiger partial charge in [-0.1, -0.05) is 60.6 Å². The van der Waals surface area contributed by atoms with Crippen LogP contribution in [-0.4, -0.2) is 0 Å². The molecule has 1 saturated carbocycles. The van der Waals surface area contributed by atoms with Crippen molar-refractivity contribution in [3.05, 3.63) is 70.7 Å². The number of aromatic nitrogens is 1. The van der Waals surface area contributed by atoms with Gasteiger partial charge in [-0.25, -0.2) is 0 Å². The van der Waals surface area contributed by atoms with E-state index >= 15 is 0 Å². The minimum atomic E-state index is 0.753. The third-order valence-corrected chi connectivity index (χ3v) is 6.67. The molecule has 122 valence electrons. The Balaban J connectivity index is 1.94. The summed E-state index contributed by atoms with van der Waals surface area (Å²) in [7, 11) is 0. The lowest BCUT2D eigenvalue weighted by molar-refractivity contribution is -0.586. The van der Waals surface area contributed by atoms with Crippen LogP contribution in [0.3, 0.4) is 0 Å². The number of rotatable bonds is 3. The summed E-state index contributed by atoms with van der Waals surface area (Å²) in [6, 6.07) is 19.6. The number of hydrogen-bond donors (Lipinski definition) is 0. The van der Waals surface area contributed by atoms with Crippen LogP contribution in [0.1, 0.15) is 47.7 Å². The second-order valence-electron chi connectivity index (χ2n) is 6.83. The van der Waals surface area contributed by atoms with Crippen LogP contribution in [0, 0.1) is 13.8 Å². The van der Waals surface area contributed by atoms with E-state index in [1.54, 1.807) is 4.88 Å². The molecule has 1 aliphatic rings. The first kappa shape index (κ1) is 15.6. The van der Waals surface area contributed by atoms with Gasteiger partial charge in [-0.3, -0.25) is 0 Å². The molecule has 0 unspecified atom stereocenters. The fraction of sp³-hybridized carbons (Fsp3) is 0.318. The zero-order valence-electron chi connectivity index (χ0n) is 14.5. The molecule has 0 atom stereocenters. The second kappa shape index (κ2) is 6.52. The summed E-state index contributed by atoms with van der Waals surface area (Å²) in [4.78, 5) is 1.59. The zero-order valence-corrected chi connectivity index (χ0v) is 15.3. The third-order valence-electron chi connectivity index (χ3n) is 5.20. The molecule has 2 heteroatoms. The minimum Gasteiger partial charge on any atom is -0.147 e. The quantitative estimate of drug-likeness (QED) is 0.520. The molecule has 0 radical (unpaired) electrons. The molecule has 1 aliphatic carbocycles. The highest BCUT2D eigenvalue weighted by atomic mass is 32.1. The number of para-hydroxylation sites is 1. The van der Waals surface area contributed by atoms with Crippen molar-refractivity contribution in [2.75, 3.05) is 0 Å². The van der Waals surface area contributed by atoms with Crippen molar-refractivity contribution in [2.24, 2.45) is 0 Å². The van der Waals surface area contributed by atoms with E-state index in [0.717, 1.165) is 5.92 Å². The molecule has 1 heterocycles. The van der Waals surface area contributed by atoms with Gasteiger partial charge in [-0.2, -0.15) is 0 Å². The molecule has 0 saturated heterocycles. The van der Waals surface area contributed by atoms with E-state index in [-0.39, 0.29) is 0 Å². The van der Waals surface area contributed by atoms with Crippen LogP contribution in [-0.2, 0) is 0 Å². The molecule has 3 aromatic rings. The normalized spacial score (nSPS) is 15.1. The molecule has 4 rings (SSSR count). The van der Waals surface area contributed by atoms with Crippen LogP contribution in [0.2, 0.25) is 0 Å². The molecule has 0 spiro atoms. The standard InChI is InChI=1S/C22H24NS/c1-16-10-6-9-15-20(16)23-17(2)21(18-11-7-8-12-18)24-22(23)19-13-4-3-5-14-19/h3-6,9-10,13-15,18H,7-8,11-12H2,1-2H3/q+1. The number of thiazole rings is 1. The summed E-state index contributed by atoms with van der Waals surface area (Å²) in [5.74, 6) is 0.753. The SMILES string of the molecule is Cc1ccccc1-[n+]1c(-c2ccccc2)sc(C2CCCC2)c1C. The Kier molecular flexibility index (Phi) is 4.24. The molecule has 1 fully saturated rings. The van der Waals surface area contributed by atoms with Crippen molar-refractivity contribution >= 4 is 11.3 Å². The number of aryl methyl sites for hydroxylation is 1. The fourth-order valence-electron chi connectivity index (χ4n) is 3.93. The molecule has 0 N–H and O–H groups in total. The Morgan fingerprint density at radius 2 is 1.54 bits per heavy atom. The predicted molar refractivity (Wildman–Crippen MR) is 102 cm³/mol. The highest BCUT2D eigenvalue weighted by molar-refractivity contribution is 7.14. The first-order valence-electron chi connectivity index (χ1n) is 8.92. The molecule has 2 aromatic carbocycles. The highest BCUT2D eigenvalue weighted by Gasteiger charge is 2.32. The van der Waals surface area contributed by atoms with Gasteiger partial charge in [0.25, 0.3) is 5.01 Å². The maximum absolute atomic E-state index is 2.49. The van der Waals surface area contributed by atoms with Crippen LogP contribution < -0.4 is 4.57 Å². The molecular weight excluding hydrogens is 310 g/mol. The molecule has 1 nitrogen and oxygen atoms in total. The lowest BCUT2D eigenvalue weighted by atomic mass is 10.0. The monoisotopic (exact) mass is 334 g/mol. The van der Waals surface area contributed by atoms with E-state index in [0.29, 0.717) is 0 Å². The van der Waals surface area contributed by atoms with Gasteiger partial charge in [0.15, 0.2) is 5.69 Å². The summed E-state index contributed by atoms with van der Waals surface area (Å²) in [6.07, 6.45) is 5.47. The Labute approximate surface area is 148 Å². The number of benzene rings is 2. The average Bonchev–Trinajstić information content (AvgIpc) is 3.24. The molecule has 0 amide bonds. The van der Waals surface area contributed by atoms with Crippen LogP contribution >= 0.6 is 11.3 Å². The van der Waals surface area contributed by atoms with E-state index in [1.807, 2.05) is 11.3 Å². The zero-order chi connectivity index (χ0) is 16.5. The molecule has 1 aromatic heterocycles. The topological polar surface area (TPSA) is 3.88 Å². The Bertz CT molecular complexity index is 842. The number of hydrogen-bond acceptors (Lipinski definition) is 1. The van der Waals surface area contributed by atoms with E-state index < -0.39 is 0 Å². The van der Waals surface area contributed by atoms with Gasteiger partial charge in [0.2, 0.25) is 5.69 Å². The first-order valence-corrected chi connectivity index (χ1v) is 9.74. The maximum atomic E-state index is 2.49. The van der Waals surface area contributed by atoms with Gasteiger partial charge in [0.05, 0.1) is 10.4 Å². The van der Waals surface area contributed by atoms with Crippen LogP contribution in [0.4, 0.5) is 0 Å². The van der Waals surface area contributed by atoms with Crippen molar-refractivity contribution < 1.29 is 4.57 Å². The Hall–Kier alpha value is -1.93. The average molecular weight is 335 g/mol. The van der Waals surface area contributed by atoms with Gasteiger partial charge in [0.1, 0.15) is 0 Å². The maximum Gasteiger partial charge on any atom is 0.275 e. The predicted octanol–water partition coefficient (Wildman–Crippen LogP) is 5.97. The molecule has 0 bridgehead atoms. The van der Waals surface area contributed by atoms with Crippen molar-refractivity contribution in [1.29, 1.82) is 0 Å². The Morgan fingerprint density at radius 1 is 0.875 bits per heavy atom. The van der Waals surface area contributed by atoms with Gasteiger partial charge in [0, 0.05) is 18.6 Å². The van der Waals surface area contributed by atoms with Crippen molar-refractivity contribution in [1.82, 2.24) is 0 Å². The summed E-state index contributed by atoms with van der Waals surface area (Å²) in [5.41, 5.74) is 5.39. The van der Waals surface area contributed by atoms with Crippen molar-refractivity contribution in [2.45, 2.75) is 45.4 Å². The van der Waals surface area contributed by atoms with Crippen molar-refractivity contribution in [3.63, 3.8) is 0 Å². The van der Waals surface area contributed by atoms with Gasteiger partial charge < -0.3 is 0 Å². The molecule has 24 heavy (non-hydrogen) atoms. The fourth-order valence-corrected chi connectivity index (χ4v) is 5.36. The number of nitrogens with zero attached hydrogens (tertiary/aromatic N) is 1. The highest BCUT2D eigenvalue weighted by Crippen LogP contribution is 2.40. The van der Waals surface area contributed by atoms with Gasteiger partial charge in [-0.15, -0.1) is 4.57 Å². The van der Waals surface area contributed by atoms with Crippen molar-refractivity contribution in [3.8, 4) is 16.3 Å². The first-order chi connectivity index (χ1) is 11.8. The van der Waals surface area contributed by atoms with E-state index in [4.69, 9.17) is 0 Å². The summed E-state index contributed by atoms with van der Waals surface area (Å²) < 4.78 is 2.49. The van der Waals surface area contributed by atoms with E-state index in [1.165, 1.54) is 53.2 Å². The summed E-state index contributed by atoms with van der Waals surface area (Å²) in [6.45, 7) is 4.52. The van der Waals surface area contributed by atoms with E-state index in [2.05, 4.69) is 73.0 Å². The third kappa shape index (κ3) is 2.69. The van der Waals surface area contributed by atoms with Gasteiger partial charge >= 0.3 is 0 Å². The molecular formula is C22H24NS+. The summed E-state index contributed by atoms with van der Waals surface area (Å²) >= 11 is 2.00. The van der Waals surface area contributed by atoms with Crippen LogP contribution in [0.25, 0.3) is 16.3 Å². The van der Waals surface area contributed by atoms with Gasteiger partial charge in [-0.05, 0) is 37.8 Å². The van der Waals surface area contributed by atoms with E-state index in [9.17, 15) is 0 Å². The largest absolute Gasteiger partial charge is 0.275 e. The summed E-state index contributed by atoms with van der Waals surface area (Å²) in [5, 5.41) is 1.37.